The van der Waals surface area contributed by atoms with Crippen LogP contribution >= 0.6 is 0 Å². The summed E-state index contributed by atoms with van der Waals surface area (Å²) in [5.74, 6) is -0.612. The Bertz CT molecular complexity index is 517. The molecule has 0 aliphatic rings. The maximum absolute atomic E-state index is 12.6. The van der Waals surface area contributed by atoms with E-state index in [-0.39, 0.29) is 5.69 Å². The van der Waals surface area contributed by atoms with Gasteiger partial charge < -0.3 is 11.1 Å². The van der Waals surface area contributed by atoms with E-state index in [1.165, 1.54) is 19.2 Å². The van der Waals surface area contributed by atoms with Gasteiger partial charge in [0, 0.05) is 28.4 Å². The van der Waals surface area contributed by atoms with E-state index in [1.54, 1.807) is 0 Å². The molecule has 0 heterocycles. The average Bonchev–Trinajstić information content (AvgIpc) is 2.28. The lowest BCUT2D eigenvalue weighted by molar-refractivity contribution is -0.136. The quantitative estimate of drug-likeness (QED) is 0.837. The molecule has 8 heteroatoms. The number of carbonyl (C=O) groups excluding carboxylic acids is 1. The van der Waals surface area contributed by atoms with Crippen LogP contribution in [-0.2, 0) is 21.8 Å². The van der Waals surface area contributed by atoms with Crippen LogP contribution in [0.3, 0.4) is 0 Å². The van der Waals surface area contributed by atoms with Crippen molar-refractivity contribution >= 4 is 28.1 Å². The Labute approximate surface area is 110 Å². The van der Waals surface area contributed by atoms with Crippen molar-refractivity contribution in [3.63, 3.8) is 0 Å². The second-order valence-electron chi connectivity index (χ2n) is 3.93. The summed E-state index contributed by atoms with van der Waals surface area (Å²) in [5.41, 5.74) is 3.76. The van der Waals surface area contributed by atoms with Gasteiger partial charge in [0.05, 0.1) is 5.56 Å². The molecule has 0 radical (unpaired) electrons. The molecule has 2 atom stereocenters. The number of nitrogens with one attached hydrogen (secondary N) is 1. The summed E-state index contributed by atoms with van der Waals surface area (Å²) in [4.78, 5) is 11.6. The van der Waals surface area contributed by atoms with Gasteiger partial charge >= 0.3 is 6.18 Å². The minimum absolute atomic E-state index is 0.0381. The van der Waals surface area contributed by atoms with E-state index in [4.69, 9.17) is 5.73 Å². The molecule has 106 valence electrons. The molecule has 0 aromatic heterocycles. The van der Waals surface area contributed by atoms with Crippen molar-refractivity contribution in [1.82, 2.24) is 0 Å². The van der Waals surface area contributed by atoms with Gasteiger partial charge in [-0.3, -0.25) is 9.00 Å². The Morgan fingerprint density at radius 3 is 2.47 bits per heavy atom. The van der Waals surface area contributed by atoms with Crippen molar-refractivity contribution in [2.24, 2.45) is 0 Å². The van der Waals surface area contributed by atoms with Crippen molar-refractivity contribution in [3.05, 3.63) is 23.8 Å². The topological polar surface area (TPSA) is 72.2 Å². The van der Waals surface area contributed by atoms with Gasteiger partial charge in [-0.1, -0.05) is 0 Å². The molecule has 4 nitrogen and oxygen atoms in total. The molecule has 19 heavy (non-hydrogen) atoms. The Morgan fingerprint density at radius 1 is 1.42 bits per heavy atom. The molecule has 1 rings (SSSR count). The highest BCUT2D eigenvalue weighted by Gasteiger charge is 2.33. The molecular formula is C11H13F3N2O2S. The van der Waals surface area contributed by atoms with E-state index in [1.807, 2.05) is 0 Å². The lowest BCUT2D eigenvalue weighted by Crippen LogP contribution is -2.28. The molecule has 0 aliphatic heterocycles. The van der Waals surface area contributed by atoms with Crippen molar-refractivity contribution < 1.29 is 22.2 Å². The molecule has 1 amide bonds. The fraction of sp³-hybridized carbons (Fsp3) is 0.364. The number of halogens is 3. The molecule has 0 bridgehead atoms. The van der Waals surface area contributed by atoms with Crippen molar-refractivity contribution in [3.8, 4) is 0 Å². The lowest BCUT2D eigenvalue weighted by atomic mass is 10.1. The maximum Gasteiger partial charge on any atom is 0.418 e. The summed E-state index contributed by atoms with van der Waals surface area (Å²) in [6.07, 6.45) is -3.25. The van der Waals surface area contributed by atoms with Crippen molar-refractivity contribution in [2.75, 3.05) is 17.3 Å². The third-order valence-electron chi connectivity index (χ3n) is 2.49. The van der Waals surface area contributed by atoms with Crippen LogP contribution in [0.2, 0.25) is 0 Å². The van der Waals surface area contributed by atoms with Gasteiger partial charge in [-0.15, -0.1) is 0 Å². The Hall–Kier alpha value is -1.57. The van der Waals surface area contributed by atoms with E-state index in [0.29, 0.717) is 0 Å². The number of alkyl halides is 3. The van der Waals surface area contributed by atoms with Gasteiger partial charge in [-0.25, -0.2) is 0 Å². The molecule has 0 aliphatic carbocycles. The lowest BCUT2D eigenvalue weighted by Gasteiger charge is -2.14. The van der Waals surface area contributed by atoms with E-state index in [0.717, 1.165) is 12.1 Å². The number of nitrogens with two attached hydrogens (primary N) is 1. The van der Waals surface area contributed by atoms with Gasteiger partial charge in [0.1, 0.15) is 5.25 Å². The summed E-state index contributed by atoms with van der Waals surface area (Å²) in [6.45, 7) is 1.42. The van der Waals surface area contributed by atoms with Gasteiger partial charge in [0.15, 0.2) is 0 Å². The molecule has 1 aromatic rings. The maximum atomic E-state index is 12.6. The first kappa shape index (κ1) is 15.5. The Balaban J connectivity index is 2.98. The van der Waals surface area contributed by atoms with Crippen LogP contribution in [0.25, 0.3) is 0 Å². The molecule has 0 saturated heterocycles. The average molecular weight is 294 g/mol. The van der Waals surface area contributed by atoms with Crippen molar-refractivity contribution in [2.45, 2.75) is 18.3 Å². The molecular weight excluding hydrogens is 281 g/mol. The highest BCUT2D eigenvalue weighted by Crippen LogP contribution is 2.35. The first-order chi connectivity index (χ1) is 8.62. The summed E-state index contributed by atoms with van der Waals surface area (Å²) < 4.78 is 48.9. The van der Waals surface area contributed by atoms with E-state index < -0.39 is 39.4 Å². The van der Waals surface area contributed by atoms with Crippen LogP contribution in [0.15, 0.2) is 18.2 Å². The molecule has 0 fully saturated rings. The molecule has 2 unspecified atom stereocenters. The number of anilines is 2. The van der Waals surface area contributed by atoms with E-state index >= 15 is 0 Å². The summed E-state index contributed by atoms with van der Waals surface area (Å²) >= 11 is 0. The normalized spacial score (nSPS) is 14.8. The van der Waals surface area contributed by atoms with Crippen LogP contribution in [0.5, 0.6) is 0 Å². The number of amides is 1. The van der Waals surface area contributed by atoms with Crippen LogP contribution < -0.4 is 11.1 Å². The third kappa shape index (κ3) is 3.95. The zero-order valence-electron chi connectivity index (χ0n) is 10.2. The van der Waals surface area contributed by atoms with E-state index in [9.17, 15) is 22.2 Å². The van der Waals surface area contributed by atoms with Gasteiger partial charge in [-0.05, 0) is 25.1 Å². The van der Waals surface area contributed by atoms with Crippen LogP contribution in [0.4, 0.5) is 24.5 Å². The molecule has 0 saturated carbocycles. The number of hydrogen-bond acceptors (Lipinski definition) is 3. The standard InChI is InChI=1S/C11H13F3N2O2S/c1-6(19(2)18)10(17)16-7-3-4-9(15)8(5-7)11(12,13)14/h3-6H,15H2,1-2H3,(H,16,17). The Kier molecular flexibility index (Phi) is 4.56. The van der Waals surface area contributed by atoms with E-state index in [2.05, 4.69) is 5.32 Å². The number of rotatable bonds is 3. The first-order valence-corrected chi connectivity index (χ1v) is 6.85. The van der Waals surface area contributed by atoms with Crippen molar-refractivity contribution in [1.29, 1.82) is 0 Å². The number of hydrogen-bond donors (Lipinski definition) is 2. The largest absolute Gasteiger partial charge is 0.418 e. The second-order valence-corrected chi connectivity index (χ2v) is 5.63. The smallest absolute Gasteiger partial charge is 0.398 e. The fourth-order valence-electron chi connectivity index (χ4n) is 1.27. The zero-order valence-corrected chi connectivity index (χ0v) is 11.1. The summed E-state index contributed by atoms with van der Waals surface area (Å²) in [7, 11) is -1.40. The highest BCUT2D eigenvalue weighted by molar-refractivity contribution is 7.85. The van der Waals surface area contributed by atoms with Gasteiger partial charge in [0.25, 0.3) is 0 Å². The predicted octanol–water partition coefficient (Wildman–Crippen LogP) is 1.99. The summed E-state index contributed by atoms with van der Waals surface area (Å²) in [5, 5.41) is 1.46. The van der Waals surface area contributed by atoms with Crippen LogP contribution in [0, 0.1) is 0 Å². The number of benzene rings is 1. The SMILES string of the molecule is CC(C(=O)Nc1ccc(N)c(C(F)(F)F)c1)S(C)=O. The van der Waals surface area contributed by atoms with Crippen LogP contribution in [0.1, 0.15) is 12.5 Å². The molecule has 0 spiro atoms. The fourth-order valence-corrected chi connectivity index (χ4v) is 1.63. The minimum atomic E-state index is -4.59. The van der Waals surface area contributed by atoms with Gasteiger partial charge in [-0.2, -0.15) is 13.2 Å². The number of nitrogen functional groups attached to an aromatic ring is 1. The third-order valence-corrected chi connectivity index (χ3v) is 3.70. The highest BCUT2D eigenvalue weighted by atomic mass is 32.2. The second kappa shape index (κ2) is 5.60. The summed E-state index contributed by atoms with van der Waals surface area (Å²) in [6, 6.07) is 3.07. The molecule has 1 aromatic carbocycles. The predicted molar refractivity (Wildman–Crippen MR) is 68.0 cm³/mol. The van der Waals surface area contributed by atoms with Crippen LogP contribution in [-0.4, -0.2) is 21.6 Å². The molecule has 3 N–H and O–H groups in total. The monoisotopic (exact) mass is 294 g/mol. The Morgan fingerprint density at radius 2 is 2.00 bits per heavy atom. The number of carbonyl (C=O) groups is 1. The first-order valence-electron chi connectivity index (χ1n) is 5.22. The van der Waals surface area contributed by atoms with Gasteiger partial charge in [0.2, 0.25) is 5.91 Å². The zero-order chi connectivity index (χ0) is 14.8. The minimum Gasteiger partial charge on any atom is -0.398 e.